The van der Waals surface area contributed by atoms with Gasteiger partial charge in [-0.25, -0.2) is 4.98 Å². The molecule has 2 N–H and O–H groups in total. The Morgan fingerprint density at radius 2 is 1.95 bits per heavy atom. The summed E-state index contributed by atoms with van der Waals surface area (Å²) in [6.45, 7) is 11.7. The number of benzene rings is 1. The lowest BCUT2D eigenvalue weighted by Crippen LogP contribution is -2.11. The van der Waals surface area contributed by atoms with Gasteiger partial charge in [-0.3, -0.25) is 0 Å². The quantitative estimate of drug-likeness (QED) is 0.914. The van der Waals surface area contributed by atoms with Crippen LogP contribution in [0, 0.1) is 19.8 Å². The molecule has 1 heterocycles. The van der Waals surface area contributed by atoms with Gasteiger partial charge < -0.3 is 10.3 Å². The third kappa shape index (κ3) is 2.72. The summed E-state index contributed by atoms with van der Waals surface area (Å²) in [5.74, 6) is 2.43. The summed E-state index contributed by atoms with van der Waals surface area (Å²) >= 11 is 0. The summed E-state index contributed by atoms with van der Waals surface area (Å²) in [5, 5.41) is 0. The van der Waals surface area contributed by atoms with Crippen LogP contribution in [0.25, 0.3) is 11.3 Å². The van der Waals surface area contributed by atoms with Gasteiger partial charge in [0.05, 0.1) is 0 Å². The van der Waals surface area contributed by atoms with Gasteiger partial charge in [-0.2, -0.15) is 0 Å². The molecule has 0 unspecified atom stereocenters. The zero-order chi connectivity index (χ0) is 14.9. The SMILES string of the molecule is CCc1nc(-c2ccc(C)cc2C)c(N)n1CC(C)C. The Balaban J connectivity index is 2.54. The van der Waals surface area contributed by atoms with Crippen molar-refractivity contribution in [3.8, 4) is 11.3 Å². The number of anilines is 1. The van der Waals surface area contributed by atoms with Gasteiger partial charge in [0.25, 0.3) is 0 Å². The molecule has 108 valence electrons. The Morgan fingerprint density at radius 1 is 1.25 bits per heavy atom. The van der Waals surface area contributed by atoms with Crippen LogP contribution in [0.3, 0.4) is 0 Å². The summed E-state index contributed by atoms with van der Waals surface area (Å²) in [6.07, 6.45) is 0.905. The van der Waals surface area contributed by atoms with Gasteiger partial charge in [0.1, 0.15) is 17.3 Å². The first-order valence-corrected chi connectivity index (χ1v) is 7.36. The molecule has 2 aromatic rings. The van der Waals surface area contributed by atoms with Crippen molar-refractivity contribution < 1.29 is 0 Å². The normalized spacial score (nSPS) is 11.3. The van der Waals surface area contributed by atoms with Crippen LogP contribution in [-0.4, -0.2) is 9.55 Å². The van der Waals surface area contributed by atoms with Crippen molar-refractivity contribution in [1.82, 2.24) is 9.55 Å². The highest BCUT2D eigenvalue weighted by molar-refractivity contribution is 5.74. The Labute approximate surface area is 121 Å². The van der Waals surface area contributed by atoms with Crippen LogP contribution in [0.2, 0.25) is 0 Å². The van der Waals surface area contributed by atoms with Crippen LogP contribution in [0.4, 0.5) is 5.82 Å². The number of imidazole rings is 1. The first kappa shape index (κ1) is 14.6. The van der Waals surface area contributed by atoms with Crippen molar-refractivity contribution in [2.24, 2.45) is 5.92 Å². The van der Waals surface area contributed by atoms with E-state index in [0.29, 0.717) is 5.92 Å². The Kier molecular flexibility index (Phi) is 4.17. The zero-order valence-electron chi connectivity index (χ0n) is 13.2. The number of aromatic nitrogens is 2. The fraction of sp³-hybridized carbons (Fsp3) is 0.471. The van der Waals surface area contributed by atoms with Crippen molar-refractivity contribution in [3.63, 3.8) is 0 Å². The molecular formula is C17H25N3. The van der Waals surface area contributed by atoms with Gasteiger partial charge in [0.15, 0.2) is 0 Å². The van der Waals surface area contributed by atoms with Gasteiger partial charge in [0, 0.05) is 18.5 Å². The third-order valence-electron chi connectivity index (χ3n) is 3.59. The van der Waals surface area contributed by atoms with E-state index in [1.54, 1.807) is 0 Å². The van der Waals surface area contributed by atoms with Gasteiger partial charge in [-0.1, -0.05) is 44.5 Å². The maximum absolute atomic E-state index is 6.37. The standard InChI is InChI=1S/C17H25N3/c1-6-15-19-16(17(18)20(15)10-11(2)3)14-8-7-12(4)9-13(14)5/h7-9,11H,6,10,18H2,1-5H3. The van der Waals surface area contributed by atoms with E-state index in [1.807, 2.05) is 0 Å². The van der Waals surface area contributed by atoms with Gasteiger partial charge >= 0.3 is 0 Å². The van der Waals surface area contributed by atoms with Crippen LogP contribution >= 0.6 is 0 Å². The molecule has 0 aliphatic rings. The lowest BCUT2D eigenvalue weighted by molar-refractivity contribution is 0.513. The first-order valence-electron chi connectivity index (χ1n) is 7.36. The predicted molar refractivity (Wildman–Crippen MR) is 85.8 cm³/mol. The summed E-state index contributed by atoms with van der Waals surface area (Å²) in [6, 6.07) is 6.43. The number of nitrogens with zero attached hydrogens (tertiary/aromatic N) is 2. The Hall–Kier alpha value is -1.77. The second-order valence-electron chi connectivity index (χ2n) is 5.94. The Bertz CT molecular complexity index is 609. The van der Waals surface area contributed by atoms with Gasteiger partial charge in [0.2, 0.25) is 0 Å². The minimum atomic E-state index is 0.559. The number of nitrogens with two attached hydrogens (primary N) is 1. The monoisotopic (exact) mass is 271 g/mol. The number of hydrogen-bond donors (Lipinski definition) is 1. The molecule has 1 aromatic heterocycles. The predicted octanol–water partition coefficient (Wildman–Crippen LogP) is 3.97. The maximum Gasteiger partial charge on any atom is 0.131 e. The molecule has 3 nitrogen and oxygen atoms in total. The molecule has 0 bridgehead atoms. The zero-order valence-corrected chi connectivity index (χ0v) is 13.2. The second-order valence-corrected chi connectivity index (χ2v) is 5.94. The smallest absolute Gasteiger partial charge is 0.131 e. The van der Waals surface area contributed by atoms with E-state index in [4.69, 9.17) is 10.7 Å². The number of aryl methyl sites for hydroxylation is 3. The molecular weight excluding hydrogens is 246 g/mol. The molecule has 0 aliphatic carbocycles. The molecule has 2 rings (SSSR count). The fourth-order valence-corrected chi connectivity index (χ4v) is 2.63. The third-order valence-corrected chi connectivity index (χ3v) is 3.59. The minimum absolute atomic E-state index is 0.559. The van der Waals surface area contributed by atoms with Gasteiger partial charge in [-0.15, -0.1) is 0 Å². The average molecular weight is 271 g/mol. The van der Waals surface area contributed by atoms with Crippen LogP contribution in [0.5, 0.6) is 0 Å². The van der Waals surface area contributed by atoms with E-state index < -0.39 is 0 Å². The van der Waals surface area contributed by atoms with E-state index in [-0.39, 0.29) is 0 Å². The molecule has 20 heavy (non-hydrogen) atoms. The molecule has 0 atom stereocenters. The van der Waals surface area contributed by atoms with E-state index in [0.717, 1.165) is 35.9 Å². The highest BCUT2D eigenvalue weighted by Crippen LogP contribution is 2.30. The average Bonchev–Trinajstić information content (AvgIpc) is 2.67. The molecule has 3 heteroatoms. The van der Waals surface area contributed by atoms with Crippen LogP contribution < -0.4 is 5.73 Å². The Morgan fingerprint density at radius 3 is 2.50 bits per heavy atom. The fourth-order valence-electron chi connectivity index (χ4n) is 2.63. The van der Waals surface area contributed by atoms with Crippen molar-refractivity contribution >= 4 is 5.82 Å². The molecule has 0 saturated heterocycles. The topological polar surface area (TPSA) is 43.8 Å². The van der Waals surface area contributed by atoms with Crippen molar-refractivity contribution in [1.29, 1.82) is 0 Å². The number of nitrogen functional groups attached to an aromatic ring is 1. The highest BCUT2D eigenvalue weighted by atomic mass is 15.1. The summed E-state index contributed by atoms with van der Waals surface area (Å²) in [5.41, 5.74) is 10.9. The van der Waals surface area contributed by atoms with Gasteiger partial charge in [-0.05, 0) is 25.3 Å². The number of rotatable bonds is 4. The van der Waals surface area contributed by atoms with E-state index >= 15 is 0 Å². The highest BCUT2D eigenvalue weighted by Gasteiger charge is 2.17. The summed E-state index contributed by atoms with van der Waals surface area (Å²) in [4.78, 5) is 4.78. The van der Waals surface area contributed by atoms with Crippen LogP contribution in [-0.2, 0) is 13.0 Å². The largest absolute Gasteiger partial charge is 0.383 e. The van der Waals surface area contributed by atoms with Crippen LogP contribution in [0.15, 0.2) is 18.2 Å². The van der Waals surface area contributed by atoms with Crippen molar-refractivity contribution in [3.05, 3.63) is 35.2 Å². The lowest BCUT2D eigenvalue weighted by Gasteiger charge is -2.11. The van der Waals surface area contributed by atoms with Crippen molar-refractivity contribution in [2.75, 3.05) is 5.73 Å². The molecule has 0 saturated carbocycles. The summed E-state index contributed by atoms with van der Waals surface area (Å²) < 4.78 is 2.17. The van der Waals surface area contributed by atoms with Crippen LogP contribution in [0.1, 0.15) is 37.7 Å². The molecule has 0 fully saturated rings. The first-order chi connectivity index (χ1) is 9.43. The second kappa shape index (κ2) is 5.70. The van der Waals surface area contributed by atoms with E-state index in [1.165, 1.54) is 11.1 Å². The molecule has 0 radical (unpaired) electrons. The molecule has 0 spiro atoms. The van der Waals surface area contributed by atoms with E-state index in [9.17, 15) is 0 Å². The molecule has 0 amide bonds. The summed E-state index contributed by atoms with van der Waals surface area (Å²) in [7, 11) is 0. The van der Waals surface area contributed by atoms with E-state index in [2.05, 4.69) is 57.4 Å². The molecule has 0 aliphatic heterocycles. The van der Waals surface area contributed by atoms with Crippen molar-refractivity contribution in [2.45, 2.75) is 47.6 Å². The number of hydrogen-bond acceptors (Lipinski definition) is 2. The molecule has 1 aromatic carbocycles. The minimum Gasteiger partial charge on any atom is -0.383 e. The maximum atomic E-state index is 6.37. The lowest BCUT2D eigenvalue weighted by atomic mass is 10.0.